The van der Waals surface area contributed by atoms with Crippen LogP contribution in [0.2, 0.25) is 10.0 Å². The number of hydrogen-bond acceptors (Lipinski definition) is 5. The van der Waals surface area contributed by atoms with Gasteiger partial charge in [0.05, 0.1) is 0 Å². The van der Waals surface area contributed by atoms with Gasteiger partial charge in [-0.25, -0.2) is 0 Å². The molecule has 1 atom stereocenters. The first-order valence-electron chi connectivity index (χ1n) is 7.93. The molecule has 0 bridgehead atoms. The summed E-state index contributed by atoms with van der Waals surface area (Å²) in [6.07, 6.45) is 0.317. The van der Waals surface area contributed by atoms with E-state index in [1.165, 1.54) is 25.3 Å². The van der Waals surface area contributed by atoms with Crippen molar-refractivity contribution in [3.05, 3.63) is 57.8 Å². The van der Waals surface area contributed by atoms with E-state index >= 15 is 0 Å². The average molecular weight is 410 g/mol. The smallest absolute Gasteiger partial charge is 0.326 e. The van der Waals surface area contributed by atoms with Gasteiger partial charge in [0.1, 0.15) is 12.2 Å². The number of amides is 2. The summed E-state index contributed by atoms with van der Waals surface area (Å²) in [4.78, 5) is 39.8. The molecule has 1 heterocycles. The molecule has 0 aliphatic carbocycles. The zero-order chi connectivity index (χ0) is 20.0. The Balaban J connectivity index is 1.85. The van der Waals surface area contributed by atoms with Crippen LogP contribution in [0, 0.1) is 6.92 Å². The largest absolute Gasteiger partial charge is 0.451 e. The van der Waals surface area contributed by atoms with Gasteiger partial charge in [0, 0.05) is 21.9 Å². The highest BCUT2D eigenvalue weighted by Crippen LogP contribution is 2.23. The van der Waals surface area contributed by atoms with Gasteiger partial charge in [0.15, 0.2) is 6.10 Å². The molecule has 0 spiro atoms. The fraction of sp³-hybridized carbons (Fsp3) is 0.222. The van der Waals surface area contributed by atoms with Crippen LogP contribution in [0.15, 0.2) is 36.5 Å². The lowest BCUT2D eigenvalue weighted by atomic mass is 10.2. The molecule has 2 aromatic rings. The summed E-state index contributed by atoms with van der Waals surface area (Å²) in [5, 5.41) is 5.85. The number of rotatable bonds is 6. The van der Waals surface area contributed by atoms with Crippen molar-refractivity contribution >= 4 is 46.7 Å². The summed E-state index contributed by atoms with van der Waals surface area (Å²) in [6, 6.07) is 7.97. The average Bonchev–Trinajstić information content (AvgIpc) is 2.63. The van der Waals surface area contributed by atoms with Gasteiger partial charge in [0.2, 0.25) is 0 Å². The molecule has 1 aromatic carbocycles. The van der Waals surface area contributed by atoms with E-state index in [4.69, 9.17) is 27.9 Å². The minimum absolute atomic E-state index is 0.0672. The zero-order valence-electron chi connectivity index (χ0n) is 14.6. The molecule has 2 N–H and O–H groups in total. The van der Waals surface area contributed by atoms with Crippen LogP contribution in [0.25, 0.3) is 0 Å². The van der Waals surface area contributed by atoms with Crippen LogP contribution < -0.4 is 10.6 Å². The number of esters is 1. The van der Waals surface area contributed by atoms with Crippen LogP contribution >= 0.6 is 23.2 Å². The van der Waals surface area contributed by atoms with E-state index < -0.39 is 30.4 Å². The van der Waals surface area contributed by atoms with Crippen LogP contribution in [0.1, 0.15) is 23.0 Å². The number of carbonyl (C=O) groups excluding carboxylic acids is 3. The molecule has 2 amide bonds. The van der Waals surface area contributed by atoms with Gasteiger partial charge in [0.25, 0.3) is 11.8 Å². The number of nitrogens with one attached hydrogen (secondary N) is 2. The second-order valence-electron chi connectivity index (χ2n) is 5.58. The molecular formula is C18H17Cl2N3O4. The van der Waals surface area contributed by atoms with Gasteiger partial charge in [-0.05, 0) is 43.7 Å². The second kappa shape index (κ2) is 9.34. The van der Waals surface area contributed by atoms with Crippen molar-refractivity contribution < 1.29 is 19.1 Å². The van der Waals surface area contributed by atoms with E-state index in [9.17, 15) is 14.4 Å². The Morgan fingerprint density at radius 3 is 2.67 bits per heavy atom. The Morgan fingerprint density at radius 2 is 1.96 bits per heavy atom. The summed E-state index contributed by atoms with van der Waals surface area (Å²) in [5.74, 6) is -1.87. The van der Waals surface area contributed by atoms with Crippen LogP contribution in [0.4, 0.5) is 5.69 Å². The molecule has 0 unspecified atom stereocenters. The van der Waals surface area contributed by atoms with Crippen LogP contribution in [-0.4, -0.2) is 35.4 Å². The third-order valence-corrected chi connectivity index (χ3v) is 4.20. The van der Waals surface area contributed by atoms with Crippen molar-refractivity contribution in [1.82, 2.24) is 10.3 Å². The van der Waals surface area contributed by atoms with E-state index in [0.29, 0.717) is 21.3 Å². The normalized spacial score (nSPS) is 11.4. The lowest BCUT2D eigenvalue weighted by Gasteiger charge is -2.15. The Hall–Kier alpha value is -2.64. The second-order valence-corrected chi connectivity index (χ2v) is 6.42. The number of pyridine rings is 1. The fourth-order valence-corrected chi connectivity index (χ4v) is 2.38. The number of aromatic nitrogens is 1. The predicted octanol–water partition coefficient (Wildman–Crippen LogP) is 3.00. The monoisotopic (exact) mass is 409 g/mol. The minimum atomic E-state index is -1.06. The summed E-state index contributed by atoms with van der Waals surface area (Å²) in [5.41, 5.74) is 1.29. The first kappa shape index (κ1) is 20.7. The lowest BCUT2D eigenvalue weighted by molar-refractivity contribution is -0.152. The summed E-state index contributed by atoms with van der Waals surface area (Å²) >= 11 is 11.8. The lowest BCUT2D eigenvalue weighted by Crippen LogP contribution is -2.36. The zero-order valence-corrected chi connectivity index (χ0v) is 16.1. The molecule has 2 rings (SSSR count). The summed E-state index contributed by atoms with van der Waals surface area (Å²) in [6.45, 7) is 2.77. The third kappa shape index (κ3) is 5.94. The van der Waals surface area contributed by atoms with E-state index in [1.54, 1.807) is 25.1 Å². The van der Waals surface area contributed by atoms with Crippen LogP contribution in [0.3, 0.4) is 0 Å². The molecule has 9 heteroatoms. The number of ether oxygens (including phenoxy) is 1. The molecule has 1 aromatic heterocycles. The van der Waals surface area contributed by atoms with Crippen LogP contribution in [-0.2, 0) is 14.3 Å². The highest BCUT2D eigenvalue weighted by atomic mass is 35.5. The standard InChI is InChI=1S/C18H17Cl2N3O4/c1-10-13(20)4-3-5-14(10)23-17(25)11(2)27-16(24)9-22-18(26)15-8-12(19)6-7-21-15/h3-8,11H,9H2,1-2H3,(H,22,26)(H,23,25)/t11-/m1/s1. The molecule has 0 aliphatic rings. The third-order valence-electron chi connectivity index (χ3n) is 3.55. The first-order valence-corrected chi connectivity index (χ1v) is 8.68. The summed E-state index contributed by atoms with van der Waals surface area (Å²) in [7, 11) is 0. The highest BCUT2D eigenvalue weighted by molar-refractivity contribution is 6.31. The number of carbonyl (C=O) groups is 3. The van der Waals surface area contributed by atoms with E-state index in [1.807, 2.05) is 0 Å². The molecule has 0 saturated carbocycles. The number of benzene rings is 1. The molecule has 0 aliphatic heterocycles. The molecule has 142 valence electrons. The number of hydrogen-bond donors (Lipinski definition) is 2. The molecule has 0 saturated heterocycles. The molecule has 0 fully saturated rings. The van der Waals surface area contributed by atoms with E-state index in [0.717, 1.165) is 0 Å². The Morgan fingerprint density at radius 1 is 1.22 bits per heavy atom. The van der Waals surface area contributed by atoms with Crippen molar-refractivity contribution in [1.29, 1.82) is 0 Å². The number of halogens is 2. The van der Waals surface area contributed by atoms with Crippen molar-refractivity contribution in [2.24, 2.45) is 0 Å². The maximum absolute atomic E-state index is 12.2. The molecule has 0 radical (unpaired) electrons. The fourth-order valence-electron chi connectivity index (χ4n) is 2.04. The van der Waals surface area contributed by atoms with E-state index in [2.05, 4.69) is 15.6 Å². The quantitative estimate of drug-likeness (QED) is 0.714. The Labute approximate surface area is 166 Å². The van der Waals surface area contributed by atoms with Gasteiger partial charge in [-0.1, -0.05) is 29.3 Å². The number of nitrogens with zero attached hydrogens (tertiary/aromatic N) is 1. The highest BCUT2D eigenvalue weighted by Gasteiger charge is 2.19. The number of anilines is 1. The van der Waals surface area contributed by atoms with Gasteiger partial charge in [-0.3, -0.25) is 19.4 Å². The van der Waals surface area contributed by atoms with Gasteiger partial charge >= 0.3 is 5.97 Å². The predicted molar refractivity (Wildman–Crippen MR) is 102 cm³/mol. The van der Waals surface area contributed by atoms with Crippen molar-refractivity contribution in [3.8, 4) is 0 Å². The minimum Gasteiger partial charge on any atom is -0.451 e. The molecule has 7 nitrogen and oxygen atoms in total. The van der Waals surface area contributed by atoms with Crippen molar-refractivity contribution in [2.75, 3.05) is 11.9 Å². The van der Waals surface area contributed by atoms with Crippen molar-refractivity contribution in [2.45, 2.75) is 20.0 Å². The molecule has 27 heavy (non-hydrogen) atoms. The maximum atomic E-state index is 12.2. The SMILES string of the molecule is Cc1c(Cl)cccc1NC(=O)[C@@H](C)OC(=O)CNC(=O)c1cc(Cl)ccn1. The van der Waals surface area contributed by atoms with Gasteiger partial charge < -0.3 is 15.4 Å². The van der Waals surface area contributed by atoms with Crippen molar-refractivity contribution in [3.63, 3.8) is 0 Å². The maximum Gasteiger partial charge on any atom is 0.326 e. The first-order chi connectivity index (χ1) is 12.8. The van der Waals surface area contributed by atoms with Crippen LogP contribution in [0.5, 0.6) is 0 Å². The summed E-state index contributed by atoms with van der Waals surface area (Å²) < 4.78 is 5.02. The Bertz CT molecular complexity index is 873. The topological polar surface area (TPSA) is 97.4 Å². The Kier molecular flexibility index (Phi) is 7.15. The van der Waals surface area contributed by atoms with Gasteiger partial charge in [-0.2, -0.15) is 0 Å². The van der Waals surface area contributed by atoms with Gasteiger partial charge in [-0.15, -0.1) is 0 Å². The molecular weight excluding hydrogens is 393 g/mol. The van der Waals surface area contributed by atoms with E-state index in [-0.39, 0.29) is 5.69 Å².